The van der Waals surface area contributed by atoms with E-state index in [1.165, 1.54) is 6.07 Å². The minimum atomic E-state index is -4.40. The van der Waals surface area contributed by atoms with Crippen molar-refractivity contribution < 1.29 is 17.9 Å². The second-order valence-electron chi connectivity index (χ2n) is 3.77. The maximum absolute atomic E-state index is 12.3. The number of pyridine rings is 1. The Bertz CT molecular complexity index is 555. The van der Waals surface area contributed by atoms with E-state index in [1.54, 1.807) is 18.2 Å². The molecule has 0 unspecified atom stereocenters. The van der Waals surface area contributed by atoms with E-state index in [4.69, 9.17) is 16.3 Å². The molecule has 0 fully saturated rings. The zero-order valence-electron chi connectivity index (χ0n) is 9.62. The van der Waals surface area contributed by atoms with Crippen molar-refractivity contribution in [2.24, 2.45) is 0 Å². The van der Waals surface area contributed by atoms with Gasteiger partial charge in [-0.05, 0) is 23.8 Å². The Hall–Kier alpha value is -1.75. The smallest absolute Gasteiger partial charge is 0.417 e. The number of rotatable bonds is 3. The third kappa shape index (κ3) is 3.61. The van der Waals surface area contributed by atoms with Crippen molar-refractivity contribution in [3.8, 4) is 11.6 Å². The highest BCUT2D eigenvalue weighted by molar-refractivity contribution is 6.17. The molecule has 0 aliphatic carbocycles. The first-order valence-electron chi connectivity index (χ1n) is 5.35. The Kier molecular flexibility index (Phi) is 3.95. The lowest BCUT2D eigenvalue weighted by molar-refractivity contribution is -0.137. The van der Waals surface area contributed by atoms with Crippen LogP contribution in [0.4, 0.5) is 13.2 Å². The molecular weight excluding hydrogens is 279 g/mol. The van der Waals surface area contributed by atoms with Crippen molar-refractivity contribution in [2.75, 3.05) is 0 Å². The maximum atomic E-state index is 12.3. The Labute approximate surface area is 112 Å². The molecule has 2 aromatic rings. The van der Waals surface area contributed by atoms with Gasteiger partial charge in [0.2, 0.25) is 5.88 Å². The number of halogens is 4. The van der Waals surface area contributed by atoms with Gasteiger partial charge in [-0.1, -0.05) is 12.1 Å². The van der Waals surface area contributed by atoms with Gasteiger partial charge in [-0.3, -0.25) is 0 Å². The normalized spacial score (nSPS) is 11.4. The Morgan fingerprint density at radius 3 is 2.53 bits per heavy atom. The number of aromatic nitrogens is 1. The maximum Gasteiger partial charge on any atom is 0.417 e. The third-order valence-electron chi connectivity index (χ3n) is 2.34. The molecule has 2 nitrogen and oxygen atoms in total. The fraction of sp³-hybridized carbons (Fsp3) is 0.154. The van der Waals surface area contributed by atoms with Crippen LogP contribution in [0.2, 0.25) is 0 Å². The lowest BCUT2D eigenvalue weighted by atomic mass is 10.2. The van der Waals surface area contributed by atoms with Crippen LogP contribution < -0.4 is 4.74 Å². The summed E-state index contributed by atoms with van der Waals surface area (Å²) in [6.07, 6.45) is -3.66. The minimum absolute atomic E-state index is 0.0970. The highest BCUT2D eigenvalue weighted by Gasteiger charge is 2.30. The summed E-state index contributed by atoms with van der Waals surface area (Å²) in [5.74, 6) is 0.905. The van der Waals surface area contributed by atoms with Gasteiger partial charge in [0.25, 0.3) is 0 Å². The molecule has 0 spiro atoms. The second kappa shape index (κ2) is 5.48. The fourth-order valence-corrected chi connectivity index (χ4v) is 1.59. The third-order valence-corrected chi connectivity index (χ3v) is 2.65. The van der Waals surface area contributed by atoms with Crippen molar-refractivity contribution in [3.05, 3.63) is 53.7 Å². The van der Waals surface area contributed by atoms with Gasteiger partial charge in [0.1, 0.15) is 5.75 Å². The number of hydrogen-bond donors (Lipinski definition) is 0. The van der Waals surface area contributed by atoms with E-state index in [0.717, 1.165) is 17.8 Å². The average molecular weight is 288 g/mol. The predicted octanol–water partition coefficient (Wildman–Crippen LogP) is 4.63. The summed E-state index contributed by atoms with van der Waals surface area (Å²) in [5.41, 5.74) is 0.0421. The molecule has 0 atom stereocenters. The standard InChI is InChI=1S/C13H9ClF3NO/c14-7-9-2-1-3-11(6-9)19-12-5-4-10(8-18-12)13(15,16)17/h1-6,8H,7H2. The SMILES string of the molecule is FC(F)(F)c1ccc(Oc2cccc(CCl)c2)nc1. The van der Waals surface area contributed by atoms with E-state index in [0.29, 0.717) is 11.6 Å². The number of benzene rings is 1. The first-order chi connectivity index (χ1) is 8.99. The van der Waals surface area contributed by atoms with Crippen molar-refractivity contribution >= 4 is 11.6 Å². The average Bonchev–Trinajstić information content (AvgIpc) is 2.38. The van der Waals surface area contributed by atoms with Crippen molar-refractivity contribution in [2.45, 2.75) is 12.1 Å². The zero-order chi connectivity index (χ0) is 13.9. The fourth-order valence-electron chi connectivity index (χ4n) is 1.42. The van der Waals surface area contributed by atoms with E-state index < -0.39 is 11.7 Å². The van der Waals surface area contributed by atoms with Gasteiger partial charge in [0.05, 0.1) is 5.56 Å². The van der Waals surface area contributed by atoms with Gasteiger partial charge in [-0.2, -0.15) is 13.2 Å². The highest BCUT2D eigenvalue weighted by Crippen LogP contribution is 2.30. The van der Waals surface area contributed by atoms with Gasteiger partial charge in [-0.15, -0.1) is 11.6 Å². The van der Waals surface area contributed by atoms with Gasteiger partial charge in [-0.25, -0.2) is 4.98 Å². The van der Waals surface area contributed by atoms with Crippen LogP contribution in [-0.4, -0.2) is 4.98 Å². The van der Waals surface area contributed by atoms with Gasteiger partial charge < -0.3 is 4.74 Å². The summed E-state index contributed by atoms with van der Waals surface area (Å²) < 4.78 is 42.4. The van der Waals surface area contributed by atoms with Crippen molar-refractivity contribution in [1.82, 2.24) is 4.98 Å². The quantitative estimate of drug-likeness (QED) is 0.768. The molecule has 19 heavy (non-hydrogen) atoms. The summed E-state index contributed by atoms with van der Waals surface area (Å²) in [6, 6.07) is 9.04. The van der Waals surface area contributed by atoms with Gasteiger partial charge in [0.15, 0.2) is 0 Å². The molecule has 1 aromatic carbocycles. The number of ether oxygens (including phenoxy) is 1. The predicted molar refractivity (Wildman–Crippen MR) is 65.3 cm³/mol. The second-order valence-corrected chi connectivity index (χ2v) is 4.03. The van der Waals surface area contributed by atoms with Crippen LogP contribution in [0.5, 0.6) is 11.6 Å². The molecule has 0 saturated carbocycles. The van der Waals surface area contributed by atoms with Crippen molar-refractivity contribution in [1.29, 1.82) is 0 Å². The summed E-state index contributed by atoms with van der Waals surface area (Å²) in [6.45, 7) is 0. The lowest BCUT2D eigenvalue weighted by Gasteiger charge is -2.08. The van der Waals surface area contributed by atoms with Crippen LogP contribution in [0, 0.1) is 0 Å². The molecule has 0 N–H and O–H groups in total. The van der Waals surface area contributed by atoms with Crippen LogP contribution in [0.25, 0.3) is 0 Å². The lowest BCUT2D eigenvalue weighted by Crippen LogP contribution is -2.05. The molecule has 0 bridgehead atoms. The number of alkyl halides is 4. The molecule has 1 heterocycles. The monoisotopic (exact) mass is 287 g/mol. The summed E-state index contributed by atoms with van der Waals surface area (Å²) in [7, 11) is 0. The molecule has 1 aromatic heterocycles. The van der Waals surface area contributed by atoms with Crippen molar-refractivity contribution in [3.63, 3.8) is 0 Å². The molecule has 0 aliphatic rings. The first-order valence-corrected chi connectivity index (χ1v) is 5.88. The van der Waals surface area contributed by atoms with Gasteiger partial charge >= 0.3 is 6.18 Å². The van der Waals surface area contributed by atoms with Gasteiger partial charge in [0, 0.05) is 18.1 Å². The molecule has 0 aliphatic heterocycles. The van der Waals surface area contributed by atoms with E-state index >= 15 is 0 Å². The van der Waals surface area contributed by atoms with E-state index in [1.807, 2.05) is 6.07 Å². The van der Waals surface area contributed by atoms with Crippen LogP contribution >= 0.6 is 11.6 Å². The molecule has 100 valence electrons. The van der Waals surface area contributed by atoms with Crippen LogP contribution in [0.1, 0.15) is 11.1 Å². The highest BCUT2D eigenvalue weighted by atomic mass is 35.5. The van der Waals surface area contributed by atoms with Crippen LogP contribution in [-0.2, 0) is 12.1 Å². The number of hydrogen-bond acceptors (Lipinski definition) is 2. The zero-order valence-corrected chi connectivity index (χ0v) is 10.4. The molecule has 0 radical (unpaired) electrons. The summed E-state index contributed by atoms with van der Waals surface area (Å²) in [5, 5.41) is 0. The molecule has 0 saturated heterocycles. The molecule has 0 amide bonds. The summed E-state index contributed by atoms with van der Waals surface area (Å²) >= 11 is 5.68. The van der Waals surface area contributed by atoms with E-state index in [2.05, 4.69) is 4.98 Å². The first kappa shape index (κ1) is 13.7. The van der Waals surface area contributed by atoms with E-state index in [9.17, 15) is 13.2 Å². The van der Waals surface area contributed by atoms with E-state index in [-0.39, 0.29) is 5.88 Å². The van der Waals surface area contributed by atoms with Crippen LogP contribution in [0.3, 0.4) is 0 Å². The molecule has 6 heteroatoms. The van der Waals surface area contributed by atoms with Crippen LogP contribution in [0.15, 0.2) is 42.6 Å². The topological polar surface area (TPSA) is 22.1 Å². The minimum Gasteiger partial charge on any atom is -0.439 e. The largest absolute Gasteiger partial charge is 0.439 e. The summed E-state index contributed by atoms with van der Waals surface area (Å²) in [4.78, 5) is 3.62. The number of nitrogens with zero attached hydrogens (tertiary/aromatic N) is 1. The molecular formula is C13H9ClF3NO. The Balaban J connectivity index is 2.15. The molecule has 2 rings (SSSR count). The Morgan fingerprint density at radius 1 is 1.16 bits per heavy atom. The Morgan fingerprint density at radius 2 is 1.95 bits per heavy atom.